The first-order valence-electron chi connectivity index (χ1n) is 9.39. The predicted octanol–water partition coefficient (Wildman–Crippen LogP) is 6.60. The molecular weight excluding hydrogens is 510 g/mol. The molecule has 11 heteroatoms. The van der Waals surface area contributed by atoms with Crippen LogP contribution in [0.4, 0.5) is 11.6 Å². The Kier molecular flexibility index (Phi) is 7.23. The lowest BCUT2D eigenvalue weighted by molar-refractivity contribution is 0.689. The van der Waals surface area contributed by atoms with E-state index < -0.39 is 0 Å². The summed E-state index contributed by atoms with van der Waals surface area (Å²) >= 11 is 30.0. The standard InChI is InChI=1S/C21H16Cl4N6S/c22-14-5-4-13(18(25)10-14)11-30-8-6-19(28-30)26-21(32)27-20-7-9-31(29-20)12-15-16(23)2-1-3-17(15)24/h1-10H,11-12H2,(H2,26,27,28,29,32). The molecule has 0 bridgehead atoms. The Bertz CT molecular complexity index is 1250. The van der Waals surface area contributed by atoms with Crippen LogP contribution < -0.4 is 10.6 Å². The molecule has 164 valence electrons. The first kappa shape index (κ1) is 22.9. The summed E-state index contributed by atoms with van der Waals surface area (Å²) in [5.74, 6) is 1.17. The highest BCUT2D eigenvalue weighted by molar-refractivity contribution is 7.80. The van der Waals surface area contributed by atoms with Crippen LogP contribution in [-0.2, 0) is 13.1 Å². The molecule has 2 N–H and O–H groups in total. The van der Waals surface area contributed by atoms with Crippen LogP contribution in [-0.4, -0.2) is 24.7 Å². The Morgan fingerprint density at radius 1 is 0.781 bits per heavy atom. The fraction of sp³-hybridized carbons (Fsp3) is 0.0952. The summed E-state index contributed by atoms with van der Waals surface area (Å²) < 4.78 is 3.48. The second kappa shape index (κ2) is 10.1. The van der Waals surface area contributed by atoms with E-state index in [2.05, 4.69) is 20.8 Å². The van der Waals surface area contributed by atoms with Crippen molar-refractivity contribution in [2.45, 2.75) is 13.1 Å². The number of rotatable bonds is 6. The van der Waals surface area contributed by atoms with Gasteiger partial charge in [0.1, 0.15) is 0 Å². The molecule has 0 unspecified atom stereocenters. The molecule has 0 saturated heterocycles. The van der Waals surface area contributed by atoms with E-state index in [4.69, 9.17) is 58.6 Å². The van der Waals surface area contributed by atoms with Crippen molar-refractivity contribution in [3.8, 4) is 0 Å². The highest BCUT2D eigenvalue weighted by Crippen LogP contribution is 2.25. The van der Waals surface area contributed by atoms with Crippen LogP contribution in [0.15, 0.2) is 60.9 Å². The average molecular weight is 526 g/mol. The molecule has 0 aliphatic rings. The molecule has 0 fully saturated rings. The number of nitrogens with zero attached hydrogens (tertiary/aromatic N) is 4. The number of hydrogen-bond acceptors (Lipinski definition) is 3. The molecule has 0 aliphatic carbocycles. The highest BCUT2D eigenvalue weighted by atomic mass is 35.5. The Hall–Kier alpha value is -2.29. The highest BCUT2D eigenvalue weighted by Gasteiger charge is 2.09. The van der Waals surface area contributed by atoms with Gasteiger partial charge in [-0.05, 0) is 42.0 Å². The lowest BCUT2D eigenvalue weighted by Gasteiger charge is -2.08. The number of halogens is 4. The molecule has 0 spiro atoms. The molecule has 2 aromatic heterocycles. The third-order valence-corrected chi connectivity index (χ3v) is 5.99. The van der Waals surface area contributed by atoms with E-state index in [0.29, 0.717) is 49.9 Å². The number of hydrogen-bond donors (Lipinski definition) is 2. The van der Waals surface area contributed by atoms with Gasteiger partial charge < -0.3 is 10.6 Å². The minimum atomic E-state index is 0.362. The smallest absolute Gasteiger partial charge is 0.177 e. The van der Waals surface area contributed by atoms with E-state index in [9.17, 15) is 0 Å². The van der Waals surface area contributed by atoms with Crippen molar-refractivity contribution in [2.75, 3.05) is 10.6 Å². The zero-order valence-electron chi connectivity index (χ0n) is 16.4. The maximum atomic E-state index is 6.24. The summed E-state index contributed by atoms with van der Waals surface area (Å²) in [6.45, 7) is 0.949. The van der Waals surface area contributed by atoms with Crippen LogP contribution in [0.25, 0.3) is 0 Å². The molecule has 4 aromatic rings. The first-order chi connectivity index (χ1) is 15.4. The molecule has 32 heavy (non-hydrogen) atoms. The molecule has 2 aromatic carbocycles. The molecule has 0 radical (unpaired) electrons. The molecule has 0 saturated carbocycles. The van der Waals surface area contributed by atoms with Gasteiger partial charge in [-0.1, -0.05) is 58.5 Å². The molecule has 6 nitrogen and oxygen atoms in total. The normalized spacial score (nSPS) is 10.9. The molecule has 2 heterocycles. The fourth-order valence-electron chi connectivity index (χ4n) is 2.97. The summed E-state index contributed by atoms with van der Waals surface area (Å²) in [6, 6.07) is 14.4. The van der Waals surface area contributed by atoms with Crippen molar-refractivity contribution in [1.82, 2.24) is 19.6 Å². The van der Waals surface area contributed by atoms with Gasteiger partial charge in [0, 0.05) is 50.2 Å². The maximum absolute atomic E-state index is 6.24. The van der Waals surface area contributed by atoms with Gasteiger partial charge in [-0.2, -0.15) is 10.2 Å². The van der Waals surface area contributed by atoms with Crippen molar-refractivity contribution < 1.29 is 0 Å². The second-order valence-corrected chi connectivity index (χ2v) is 8.88. The van der Waals surface area contributed by atoms with Crippen molar-refractivity contribution in [3.63, 3.8) is 0 Å². The summed E-state index contributed by atoms with van der Waals surface area (Å²) in [7, 11) is 0. The summed E-state index contributed by atoms with van der Waals surface area (Å²) in [4.78, 5) is 0. The summed E-state index contributed by atoms with van der Waals surface area (Å²) in [5, 5.41) is 17.7. The zero-order chi connectivity index (χ0) is 22.7. The van der Waals surface area contributed by atoms with Crippen LogP contribution >= 0.6 is 58.6 Å². The van der Waals surface area contributed by atoms with E-state index >= 15 is 0 Å². The van der Waals surface area contributed by atoms with Gasteiger partial charge >= 0.3 is 0 Å². The number of anilines is 2. The molecular formula is C21H16Cl4N6S. The van der Waals surface area contributed by atoms with Crippen LogP contribution in [0.1, 0.15) is 11.1 Å². The Morgan fingerprint density at radius 3 is 1.97 bits per heavy atom. The van der Waals surface area contributed by atoms with Gasteiger partial charge in [-0.15, -0.1) is 0 Å². The molecule has 4 rings (SSSR count). The summed E-state index contributed by atoms with van der Waals surface area (Å²) in [6.07, 6.45) is 3.65. The van der Waals surface area contributed by atoms with Gasteiger partial charge in [0.2, 0.25) is 0 Å². The Morgan fingerprint density at radius 2 is 1.38 bits per heavy atom. The predicted molar refractivity (Wildman–Crippen MR) is 135 cm³/mol. The largest absolute Gasteiger partial charge is 0.316 e. The third-order valence-electron chi connectivity index (χ3n) is 4.49. The van der Waals surface area contributed by atoms with E-state index in [1.807, 2.05) is 24.5 Å². The molecule has 0 amide bonds. The zero-order valence-corrected chi connectivity index (χ0v) is 20.2. The van der Waals surface area contributed by atoms with Crippen molar-refractivity contribution in [1.29, 1.82) is 0 Å². The Balaban J connectivity index is 1.34. The van der Waals surface area contributed by atoms with E-state index in [1.54, 1.807) is 45.8 Å². The van der Waals surface area contributed by atoms with Gasteiger partial charge in [0.05, 0.1) is 13.1 Å². The van der Waals surface area contributed by atoms with Crippen molar-refractivity contribution >= 4 is 75.4 Å². The van der Waals surface area contributed by atoms with Crippen molar-refractivity contribution in [2.24, 2.45) is 0 Å². The van der Waals surface area contributed by atoms with Crippen LogP contribution in [0.2, 0.25) is 20.1 Å². The number of nitrogens with one attached hydrogen (secondary N) is 2. The van der Waals surface area contributed by atoms with Gasteiger partial charge in [-0.3, -0.25) is 9.36 Å². The monoisotopic (exact) mass is 524 g/mol. The van der Waals surface area contributed by atoms with Gasteiger partial charge in [0.25, 0.3) is 0 Å². The van der Waals surface area contributed by atoms with Gasteiger partial charge in [-0.25, -0.2) is 0 Å². The van der Waals surface area contributed by atoms with Crippen LogP contribution in [0.5, 0.6) is 0 Å². The van der Waals surface area contributed by atoms with Crippen LogP contribution in [0, 0.1) is 0 Å². The quantitative estimate of drug-likeness (QED) is 0.278. The third kappa shape index (κ3) is 5.74. The second-order valence-electron chi connectivity index (χ2n) is 6.81. The Labute approximate surface area is 210 Å². The topological polar surface area (TPSA) is 59.7 Å². The lowest BCUT2D eigenvalue weighted by atomic mass is 10.2. The van der Waals surface area contributed by atoms with Crippen molar-refractivity contribution in [3.05, 3.63) is 92.1 Å². The van der Waals surface area contributed by atoms with E-state index in [0.717, 1.165) is 11.1 Å². The minimum Gasteiger partial charge on any atom is -0.316 e. The fourth-order valence-corrected chi connectivity index (χ4v) is 4.16. The number of benzene rings is 2. The lowest BCUT2D eigenvalue weighted by Crippen LogP contribution is -2.20. The first-order valence-corrected chi connectivity index (χ1v) is 11.3. The molecule has 0 atom stereocenters. The SMILES string of the molecule is S=C(Nc1ccn(Cc2ccc(Cl)cc2Cl)n1)Nc1ccn(Cc2c(Cl)cccc2Cl)n1. The number of aromatic nitrogens is 4. The van der Waals surface area contributed by atoms with E-state index in [1.165, 1.54) is 0 Å². The average Bonchev–Trinajstić information content (AvgIpc) is 3.36. The summed E-state index contributed by atoms with van der Waals surface area (Å²) in [5.41, 5.74) is 1.72. The van der Waals surface area contributed by atoms with Crippen LogP contribution in [0.3, 0.4) is 0 Å². The molecule has 0 aliphatic heterocycles. The minimum absolute atomic E-state index is 0.362. The number of thiocarbonyl (C=S) groups is 1. The maximum Gasteiger partial charge on any atom is 0.177 e. The van der Waals surface area contributed by atoms with Gasteiger partial charge in [0.15, 0.2) is 16.7 Å². The van der Waals surface area contributed by atoms with E-state index in [-0.39, 0.29) is 0 Å².